The van der Waals surface area contributed by atoms with Crippen LogP contribution in [0.15, 0.2) is 5.38 Å². The van der Waals surface area contributed by atoms with Crippen LogP contribution in [0, 0.1) is 12.8 Å². The lowest BCUT2D eigenvalue weighted by Gasteiger charge is -2.23. The van der Waals surface area contributed by atoms with Crippen LogP contribution in [-0.4, -0.2) is 24.0 Å². The van der Waals surface area contributed by atoms with Crippen LogP contribution in [-0.2, 0) is 4.79 Å². The third kappa shape index (κ3) is 3.26. The van der Waals surface area contributed by atoms with Gasteiger partial charge in [-0.15, -0.1) is 11.3 Å². The molecule has 5 heteroatoms. The van der Waals surface area contributed by atoms with Crippen molar-refractivity contribution in [1.82, 2.24) is 15.6 Å². The van der Waals surface area contributed by atoms with Crippen LogP contribution < -0.4 is 10.6 Å². The first kappa shape index (κ1) is 12.5. The molecule has 1 aliphatic heterocycles. The van der Waals surface area contributed by atoms with E-state index in [0.717, 1.165) is 36.6 Å². The Kier molecular flexibility index (Phi) is 4.12. The number of carbonyl (C=O) groups excluding carboxylic acids is 1. The minimum absolute atomic E-state index is 0.0168. The largest absolute Gasteiger partial charge is 0.347 e. The van der Waals surface area contributed by atoms with Gasteiger partial charge in [-0.3, -0.25) is 4.79 Å². The van der Waals surface area contributed by atoms with E-state index >= 15 is 0 Å². The molecule has 1 fully saturated rings. The van der Waals surface area contributed by atoms with Crippen LogP contribution in [0.25, 0.3) is 0 Å². The molecule has 2 heterocycles. The zero-order chi connectivity index (χ0) is 12.3. The van der Waals surface area contributed by atoms with Crippen LogP contribution in [0.4, 0.5) is 0 Å². The third-order valence-corrected chi connectivity index (χ3v) is 4.18. The van der Waals surface area contributed by atoms with Crippen LogP contribution >= 0.6 is 11.3 Å². The number of carbonyl (C=O) groups is 1. The Labute approximate surface area is 106 Å². The summed E-state index contributed by atoms with van der Waals surface area (Å²) in [6, 6.07) is 0.0168. The number of rotatable bonds is 3. The second-order valence-corrected chi connectivity index (χ2v) is 5.49. The molecule has 0 radical (unpaired) electrons. The third-order valence-electron chi connectivity index (χ3n) is 3.03. The minimum Gasteiger partial charge on any atom is -0.347 e. The molecule has 0 saturated carbocycles. The van der Waals surface area contributed by atoms with E-state index in [4.69, 9.17) is 0 Å². The maximum Gasteiger partial charge on any atom is 0.224 e. The molecule has 1 aromatic rings. The summed E-state index contributed by atoms with van der Waals surface area (Å²) in [7, 11) is 0. The first-order valence-electron chi connectivity index (χ1n) is 6.10. The standard InChI is InChI=1S/C12H19N3OS/c1-8-7-17-12(14-8)9(2)15-11(16)10-4-3-5-13-6-10/h7,9-10,13H,3-6H2,1-2H3,(H,15,16)/t9?,10-/m1/s1. The fourth-order valence-electron chi connectivity index (χ4n) is 2.04. The number of nitrogens with one attached hydrogen (secondary N) is 2. The van der Waals surface area contributed by atoms with Crippen molar-refractivity contribution in [2.24, 2.45) is 5.92 Å². The highest BCUT2D eigenvalue weighted by Gasteiger charge is 2.23. The Balaban J connectivity index is 1.89. The van der Waals surface area contributed by atoms with Gasteiger partial charge >= 0.3 is 0 Å². The lowest BCUT2D eigenvalue weighted by Crippen LogP contribution is -2.41. The average molecular weight is 253 g/mol. The van der Waals surface area contributed by atoms with Gasteiger partial charge in [0.05, 0.1) is 12.0 Å². The number of amides is 1. The quantitative estimate of drug-likeness (QED) is 0.861. The van der Waals surface area contributed by atoms with Crippen molar-refractivity contribution in [3.05, 3.63) is 16.1 Å². The Hall–Kier alpha value is -0.940. The van der Waals surface area contributed by atoms with Crippen molar-refractivity contribution < 1.29 is 4.79 Å². The van der Waals surface area contributed by atoms with Gasteiger partial charge in [0.2, 0.25) is 5.91 Å². The van der Waals surface area contributed by atoms with Gasteiger partial charge < -0.3 is 10.6 Å². The first-order valence-corrected chi connectivity index (χ1v) is 6.98. The van der Waals surface area contributed by atoms with Crippen LogP contribution in [0.1, 0.15) is 36.5 Å². The zero-order valence-electron chi connectivity index (χ0n) is 10.3. The molecular weight excluding hydrogens is 234 g/mol. The number of aryl methyl sites for hydroxylation is 1. The number of aromatic nitrogens is 1. The zero-order valence-corrected chi connectivity index (χ0v) is 11.1. The lowest BCUT2D eigenvalue weighted by atomic mass is 9.98. The molecular formula is C12H19N3OS. The summed E-state index contributed by atoms with van der Waals surface area (Å²) in [4.78, 5) is 16.4. The second-order valence-electron chi connectivity index (χ2n) is 4.60. The highest BCUT2D eigenvalue weighted by atomic mass is 32.1. The topological polar surface area (TPSA) is 54.0 Å². The van der Waals surface area contributed by atoms with Crippen molar-refractivity contribution in [2.45, 2.75) is 32.7 Å². The van der Waals surface area contributed by atoms with Gasteiger partial charge in [-0.25, -0.2) is 4.98 Å². The molecule has 94 valence electrons. The van der Waals surface area contributed by atoms with Crippen LogP contribution in [0.3, 0.4) is 0 Å². The Morgan fingerprint density at radius 1 is 1.71 bits per heavy atom. The van der Waals surface area contributed by atoms with E-state index in [1.807, 2.05) is 19.2 Å². The lowest BCUT2D eigenvalue weighted by molar-refractivity contribution is -0.126. The molecule has 1 aromatic heterocycles. The van der Waals surface area contributed by atoms with Gasteiger partial charge in [0.15, 0.2) is 0 Å². The fraction of sp³-hybridized carbons (Fsp3) is 0.667. The summed E-state index contributed by atoms with van der Waals surface area (Å²) in [5, 5.41) is 9.31. The molecule has 2 atom stereocenters. The highest BCUT2D eigenvalue weighted by molar-refractivity contribution is 7.09. The average Bonchev–Trinajstić information content (AvgIpc) is 2.77. The van der Waals surface area contributed by atoms with Gasteiger partial charge in [-0.1, -0.05) is 0 Å². The van der Waals surface area contributed by atoms with Crippen molar-refractivity contribution in [2.75, 3.05) is 13.1 Å². The summed E-state index contributed by atoms with van der Waals surface area (Å²) in [5.74, 6) is 0.268. The van der Waals surface area contributed by atoms with Crippen molar-refractivity contribution in [3.8, 4) is 0 Å². The molecule has 0 aromatic carbocycles. The summed E-state index contributed by atoms with van der Waals surface area (Å²) in [6.45, 7) is 5.80. The predicted octanol–water partition coefficient (Wildman–Crippen LogP) is 1.63. The Morgan fingerprint density at radius 2 is 2.53 bits per heavy atom. The van der Waals surface area contributed by atoms with Crippen molar-refractivity contribution in [1.29, 1.82) is 0 Å². The number of thiazole rings is 1. The van der Waals surface area contributed by atoms with Gasteiger partial charge in [0, 0.05) is 17.6 Å². The Bertz CT molecular complexity index is 385. The number of piperidine rings is 1. The maximum atomic E-state index is 12.0. The molecule has 0 bridgehead atoms. The predicted molar refractivity (Wildman–Crippen MR) is 69.0 cm³/mol. The number of hydrogen-bond acceptors (Lipinski definition) is 4. The van der Waals surface area contributed by atoms with Gasteiger partial charge in [-0.2, -0.15) is 0 Å². The van der Waals surface area contributed by atoms with Crippen molar-refractivity contribution in [3.63, 3.8) is 0 Å². The summed E-state index contributed by atoms with van der Waals surface area (Å²) in [5.41, 5.74) is 1.02. The van der Waals surface area contributed by atoms with Gasteiger partial charge in [-0.05, 0) is 33.2 Å². The molecule has 2 N–H and O–H groups in total. The summed E-state index contributed by atoms with van der Waals surface area (Å²) >= 11 is 1.60. The smallest absolute Gasteiger partial charge is 0.224 e. The molecule has 2 rings (SSSR count). The second kappa shape index (κ2) is 5.60. The highest BCUT2D eigenvalue weighted by Crippen LogP contribution is 2.19. The molecule has 1 amide bonds. The minimum atomic E-state index is 0.0168. The van der Waals surface area contributed by atoms with E-state index in [1.54, 1.807) is 11.3 Å². The van der Waals surface area contributed by atoms with Gasteiger partial charge in [0.1, 0.15) is 5.01 Å². The van der Waals surface area contributed by atoms with Crippen molar-refractivity contribution >= 4 is 17.2 Å². The summed E-state index contributed by atoms with van der Waals surface area (Å²) in [6.07, 6.45) is 2.07. The van der Waals surface area contributed by atoms with E-state index in [9.17, 15) is 4.79 Å². The van der Waals surface area contributed by atoms with E-state index < -0.39 is 0 Å². The molecule has 4 nitrogen and oxygen atoms in total. The van der Waals surface area contributed by atoms with E-state index in [-0.39, 0.29) is 17.9 Å². The normalized spacial score (nSPS) is 22.1. The molecule has 1 aliphatic rings. The maximum absolute atomic E-state index is 12.0. The molecule has 17 heavy (non-hydrogen) atoms. The van der Waals surface area contributed by atoms with E-state index in [1.165, 1.54) is 0 Å². The first-order chi connectivity index (χ1) is 8.16. The molecule has 0 aliphatic carbocycles. The SMILES string of the molecule is Cc1csc(C(C)NC(=O)[C@@H]2CCCNC2)n1. The molecule has 0 spiro atoms. The van der Waals surface area contributed by atoms with E-state index in [0.29, 0.717) is 0 Å². The van der Waals surface area contributed by atoms with E-state index in [2.05, 4.69) is 15.6 Å². The monoisotopic (exact) mass is 253 g/mol. The number of hydrogen-bond donors (Lipinski definition) is 2. The number of nitrogens with zero attached hydrogens (tertiary/aromatic N) is 1. The molecule has 1 unspecified atom stereocenters. The van der Waals surface area contributed by atoms with Crippen LogP contribution in [0.2, 0.25) is 0 Å². The van der Waals surface area contributed by atoms with Gasteiger partial charge in [0.25, 0.3) is 0 Å². The summed E-state index contributed by atoms with van der Waals surface area (Å²) < 4.78 is 0. The Morgan fingerprint density at radius 3 is 3.12 bits per heavy atom. The molecule has 1 saturated heterocycles. The fourth-order valence-corrected chi connectivity index (χ4v) is 2.84. The van der Waals surface area contributed by atoms with Crippen LogP contribution in [0.5, 0.6) is 0 Å².